The number of likely N-dealkylation sites (N-methyl/N-ethyl adjacent to an activating group) is 1. The zero-order chi connectivity index (χ0) is 19.3. The third-order valence-corrected chi connectivity index (χ3v) is 4.87. The van der Waals surface area contributed by atoms with E-state index in [0.29, 0.717) is 48.6 Å². The summed E-state index contributed by atoms with van der Waals surface area (Å²) in [6.45, 7) is 8.10. The highest BCUT2D eigenvalue weighted by molar-refractivity contribution is 5.92. The maximum atomic E-state index is 13.4. The Morgan fingerprint density at radius 3 is 2.54 bits per heavy atom. The first-order valence-electron chi connectivity index (χ1n) is 8.77. The molecule has 4 nitrogen and oxygen atoms in total. The van der Waals surface area contributed by atoms with Gasteiger partial charge in [-0.25, -0.2) is 0 Å². The van der Waals surface area contributed by atoms with E-state index in [1.54, 1.807) is 4.90 Å². The number of nitrogens with one attached hydrogen (secondary N) is 1. The molecule has 1 saturated heterocycles. The van der Waals surface area contributed by atoms with Crippen LogP contribution in [0.2, 0.25) is 0 Å². The molecule has 0 aromatic heterocycles. The van der Waals surface area contributed by atoms with Gasteiger partial charge in [0.15, 0.2) is 0 Å². The second-order valence-electron chi connectivity index (χ2n) is 7.12. The van der Waals surface area contributed by atoms with Crippen LogP contribution in [0.3, 0.4) is 0 Å². The summed E-state index contributed by atoms with van der Waals surface area (Å²) in [6, 6.07) is 2.40. The summed E-state index contributed by atoms with van der Waals surface area (Å²) in [4.78, 5) is 14.0. The number of rotatable bonds is 3. The van der Waals surface area contributed by atoms with Gasteiger partial charge in [0.2, 0.25) is 5.91 Å². The van der Waals surface area contributed by atoms with Crippen molar-refractivity contribution in [1.82, 2.24) is 10.2 Å². The average molecular weight is 368 g/mol. The fraction of sp³-hybridized carbons (Fsp3) is 0.526. The van der Waals surface area contributed by atoms with Crippen LogP contribution in [0.1, 0.15) is 50.3 Å². The summed E-state index contributed by atoms with van der Waals surface area (Å²) in [5.41, 5.74) is 0.0998. The van der Waals surface area contributed by atoms with E-state index in [1.807, 2.05) is 20.8 Å². The van der Waals surface area contributed by atoms with E-state index in [9.17, 15) is 18.0 Å². The second-order valence-corrected chi connectivity index (χ2v) is 7.12. The van der Waals surface area contributed by atoms with Crippen LogP contribution >= 0.6 is 0 Å². The first-order chi connectivity index (χ1) is 12.1. The van der Waals surface area contributed by atoms with Crippen LogP contribution in [0.4, 0.5) is 13.2 Å². The van der Waals surface area contributed by atoms with Gasteiger partial charge in [-0.3, -0.25) is 4.79 Å². The quantitative estimate of drug-likeness (QED) is 0.874. The topological polar surface area (TPSA) is 41.6 Å². The van der Waals surface area contributed by atoms with Crippen molar-refractivity contribution in [2.75, 3.05) is 13.1 Å². The van der Waals surface area contributed by atoms with E-state index in [4.69, 9.17) is 4.74 Å². The lowest BCUT2D eigenvalue weighted by Gasteiger charge is -2.40. The number of benzene rings is 1. The second kappa shape index (κ2) is 6.21. The molecule has 142 valence electrons. The van der Waals surface area contributed by atoms with E-state index in [2.05, 4.69) is 5.32 Å². The summed E-state index contributed by atoms with van der Waals surface area (Å²) in [7, 11) is 0. The monoisotopic (exact) mass is 368 g/mol. The molecule has 0 bridgehead atoms. The normalized spacial score (nSPS) is 19.5. The molecule has 26 heavy (non-hydrogen) atoms. The molecule has 7 heteroatoms. The Kier molecular flexibility index (Phi) is 4.45. The lowest BCUT2D eigenvalue weighted by molar-refractivity contribution is -0.138. The van der Waals surface area contributed by atoms with E-state index >= 15 is 0 Å². The minimum Gasteiger partial charge on any atom is -0.481 e. The van der Waals surface area contributed by atoms with Crippen molar-refractivity contribution in [3.05, 3.63) is 34.5 Å². The van der Waals surface area contributed by atoms with Crippen LogP contribution in [0.5, 0.6) is 5.75 Å². The van der Waals surface area contributed by atoms with Gasteiger partial charge in [0.25, 0.3) is 0 Å². The molecule has 2 aliphatic rings. The number of alkyl halides is 3. The van der Waals surface area contributed by atoms with Crippen LogP contribution in [-0.2, 0) is 11.0 Å². The third kappa shape index (κ3) is 2.93. The molecule has 1 aromatic rings. The number of nitrogens with zero attached hydrogens (tertiary/aromatic N) is 1. The van der Waals surface area contributed by atoms with E-state index in [-0.39, 0.29) is 11.5 Å². The van der Waals surface area contributed by atoms with Crippen LogP contribution < -0.4 is 10.1 Å². The summed E-state index contributed by atoms with van der Waals surface area (Å²) in [5.74, 6) is 0.299. The maximum Gasteiger partial charge on any atom is 0.416 e. The highest BCUT2D eigenvalue weighted by atomic mass is 19.4. The summed E-state index contributed by atoms with van der Waals surface area (Å²) >= 11 is 0. The van der Waals surface area contributed by atoms with E-state index in [1.165, 1.54) is 13.0 Å². The number of carbonyl (C=O) groups is 1. The van der Waals surface area contributed by atoms with Crippen molar-refractivity contribution in [2.24, 2.45) is 0 Å². The number of likely N-dealkylation sites (tertiary alicyclic amines) is 1. The Morgan fingerprint density at radius 1 is 1.31 bits per heavy atom. The summed E-state index contributed by atoms with van der Waals surface area (Å²) < 4.78 is 46.4. The Balaban J connectivity index is 2.32. The van der Waals surface area contributed by atoms with Crippen molar-refractivity contribution < 1.29 is 22.7 Å². The third-order valence-electron chi connectivity index (χ3n) is 4.87. The average Bonchev–Trinajstić information content (AvgIpc) is 2.93. The Bertz CT molecular complexity index is 782. The predicted octanol–water partition coefficient (Wildman–Crippen LogP) is 4.09. The van der Waals surface area contributed by atoms with Gasteiger partial charge in [0.1, 0.15) is 11.4 Å². The molecule has 0 aliphatic carbocycles. The molecule has 2 aliphatic heterocycles. The predicted molar refractivity (Wildman–Crippen MR) is 92.4 cm³/mol. The largest absolute Gasteiger partial charge is 0.481 e. The van der Waals surface area contributed by atoms with Crippen LogP contribution in [0.15, 0.2) is 17.8 Å². The van der Waals surface area contributed by atoms with Crippen molar-refractivity contribution in [3.63, 3.8) is 0 Å². The first-order valence-corrected chi connectivity index (χ1v) is 8.77. The van der Waals surface area contributed by atoms with Gasteiger partial charge in [-0.2, -0.15) is 13.2 Å². The Morgan fingerprint density at radius 2 is 2.00 bits per heavy atom. The van der Waals surface area contributed by atoms with Crippen molar-refractivity contribution in [3.8, 4) is 5.75 Å². The molecule has 0 spiro atoms. The lowest BCUT2D eigenvalue weighted by Crippen LogP contribution is -2.44. The summed E-state index contributed by atoms with van der Waals surface area (Å²) in [5, 5.41) is 3.23. The van der Waals surface area contributed by atoms with Crippen molar-refractivity contribution in [1.29, 1.82) is 0 Å². The Labute approximate surface area is 151 Å². The number of fused-ring (bicyclic) bond motifs is 1. The van der Waals surface area contributed by atoms with Gasteiger partial charge in [-0.1, -0.05) is 0 Å². The molecule has 2 heterocycles. The molecule has 1 amide bonds. The summed E-state index contributed by atoms with van der Waals surface area (Å²) in [6.07, 6.45) is -3.38. The van der Waals surface area contributed by atoms with Gasteiger partial charge in [0, 0.05) is 25.1 Å². The molecule has 0 unspecified atom stereocenters. The Hall–Kier alpha value is -2.18. The lowest BCUT2D eigenvalue weighted by atomic mass is 9.89. The van der Waals surface area contributed by atoms with Gasteiger partial charge >= 0.3 is 6.18 Å². The number of hydrogen-bond donors (Lipinski definition) is 1. The van der Waals surface area contributed by atoms with E-state index in [0.717, 1.165) is 6.07 Å². The minimum atomic E-state index is -4.47. The molecular weight excluding hydrogens is 345 g/mol. The van der Waals surface area contributed by atoms with Crippen LogP contribution in [-0.4, -0.2) is 29.5 Å². The zero-order valence-electron chi connectivity index (χ0n) is 15.4. The molecule has 0 radical (unpaired) electrons. The van der Waals surface area contributed by atoms with Crippen LogP contribution in [0.25, 0.3) is 5.70 Å². The zero-order valence-corrected chi connectivity index (χ0v) is 15.4. The van der Waals surface area contributed by atoms with Gasteiger partial charge in [-0.15, -0.1) is 0 Å². The smallest absolute Gasteiger partial charge is 0.416 e. The van der Waals surface area contributed by atoms with Gasteiger partial charge in [-0.05, 0) is 51.8 Å². The highest BCUT2D eigenvalue weighted by Gasteiger charge is 2.43. The number of ether oxygens (including phenoxy) is 1. The molecule has 0 atom stereocenters. The first kappa shape index (κ1) is 18.6. The maximum absolute atomic E-state index is 13.4. The fourth-order valence-corrected chi connectivity index (χ4v) is 3.74. The molecule has 1 fully saturated rings. The minimum absolute atomic E-state index is 0.0733. The fourth-order valence-electron chi connectivity index (χ4n) is 3.74. The molecule has 0 saturated carbocycles. The SMILES string of the molecule is CCNC1=C(N2CCCC2=O)c2c(ccc(C(F)(F)F)c2C)OC1(C)C. The van der Waals surface area contributed by atoms with E-state index < -0.39 is 17.3 Å². The number of carbonyl (C=O) groups excluding carboxylic acids is 1. The van der Waals surface area contributed by atoms with Crippen LogP contribution in [0, 0.1) is 6.92 Å². The molecule has 1 aromatic carbocycles. The van der Waals surface area contributed by atoms with Crippen molar-refractivity contribution in [2.45, 2.75) is 52.3 Å². The number of halogens is 3. The standard InChI is InChI=1S/C19H23F3N2O2/c1-5-23-17-16(24-10-6-7-14(24)25)15-11(2)12(19(20,21)22)8-9-13(15)26-18(17,3)4/h8-9,23H,5-7,10H2,1-4H3. The molecule has 3 rings (SSSR count). The molecule has 1 N–H and O–H groups in total. The van der Waals surface area contributed by atoms with Gasteiger partial charge in [0.05, 0.1) is 17.0 Å². The van der Waals surface area contributed by atoms with Gasteiger partial charge < -0.3 is 15.0 Å². The van der Waals surface area contributed by atoms with Crippen molar-refractivity contribution >= 4 is 11.6 Å². The number of hydrogen-bond acceptors (Lipinski definition) is 3. The number of amides is 1. The highest BCUT2D eigenvalue weighted by Crippen LogP contribution is 2.47. The molecular formula is C19H23F3N2O2.